The predicted molar refractivity (Wildman–Crippen MR) is 83.2 cm³/mol. The van der Waals surface area contributed by atoms with Crippen molar-refractivity contribution in [2.75, 3.05) is 6.54 Å². The van der Waals surface area contributed by atoms with Gasteiger partial charge in [-0.05, 0) is 45.4 Å². The molecular weight excluding hydrogens is 287 g/mol. The summed E-state index contributed by atoms with van der Waals surface area (Å²) < 4.78 is 18.3. The Morgan fingerprint density at radius 3 is 2.68 bits per heavy atom. The third-order valence-electron chi connectivity index (χ3n) is 3.01. The Bertz CT molecular complexity index is 501. The van der Waals surface area contributed by atoms with Gasteiger partial charge in [0.25, 0.3) is 0 Å². The number of benzene rings is 1. The van der Waals surface area contributed by atoms with E-state index in [1.165, 1.54) is 18.2 Å². The topological polar surface area (TPSA) is 70.6 Å². The molecule has 0 heterocycles. The number of halogens is 1. The van der Waals surface area contributed by atoms with Gasteiger partial charge < -0.3 is 20.5 Å². The van der Waals surface area contributed by atoms with E-state index in [9.17, 15) is 14.3 Å². The minimum absolute atomic E-state index is 0.00446. The smallest absolute Gasteiger partial charge is 0.407 e. The normalized spacial score (nSPS) is 12.8. The lowest BCUT2D eigenvalue weighted by Gasteiger charge is -2.22. The van der Waals surface area contributed by atoms with E-state index >= 15 is 0 Å². The molecule has 0 aromatic heterocycles. The van der Waals surface area contributed by atoms with Crippen molar-refractivity contribution in [2.45, 2.75) is 52.3 Å². The molecule has 22 heavy (non-hydrogen) atoms. The number of carbonyl (C=O) groups is 1. The number of hydrogen-bond donors (Lipinski definition) is 3. The van der Waals surface area contributed by atoms with Gasteiger partial charge in [0.1, 0.15) is 17.2 Å². The summed E-state index contributed by atoms with van der Waals surface area (Å²) in [4.78, 5) is 11.6. The van der Waals surface area contributed by atoms with E-state index in [1.54, 1.807) is 20.8 Å². The average molecular weight is 312 g/mol. The van der Waals surface area contributed by atoms with Gasteiger partial charge in [-0.3, -0.25) is 0 Å². The molecule has 3 N–H and O–H groups in total. The number of aromatic hydroxyl groups is 1. The van der Waals surface area contributed by atoms with Crippen LogP contribution in [0.1, 0.15) is 39.7 Å². The van der Waals surface area contributed by atoms with Crippen LogP contribution < -0.4 is 10.6 Å². The fourth-order valence-electron chi connectivity index (χ4n) is 1.83. The summed E-state index contributed by atoms with van der Waals surface area (Å²) in [5.74, 6) is -0.349. The number of ether oxygens (including phenoxy) is 1. The number of alkyl carbamates (subject to hydrolysis) is 1. The number of amides is 1. The van der Waals surface area contributed by atoms with E-state index in [0.717, 1.165) is 6.42 Å². The van der Waals surface area contributed by atoms with Gasteiger partial charge in [0.15, 0.2) is 0 Å². The zero-order valence-electron chi connectivity index (χ0n) is 13.6. The van der Waals surface area contributed by atoms with Crippen molar-refractivity contribution in [2.24, 2.45) is 0 Å². The molecule has 1 atom stereocenters. The largest absolute Gasteiger partial charge is 0.508 e. The Balaban J connectivity index is 2.45. The second kappa shape index (κ2) is 7.98. The van der Waals surface area contributed by atoms with E-state index in [2.05, 4.69) is 10.6 Å². The molecule has 0 aliphatic carbocycles. The Labute approximate surface area is 130 Å². The molecule has 1 rings (SSSR count). The predicted octanol–water partition coefficient (Wildman–Crippen LogP) is 2.92. The molecular formula is C16H25FN2O3. The highest BCUT2D eigenvalue weighted by molar-refractivity contribution is 5.67. The lowest BCUT2D eigenvalue weighted by molar-refractivity contribution is 0.0522. The number of nitrogens with one attached hydrogen (secondary N) is 2. The van der Waals surface area contributed by atoms with Crippen LogP contribution in [0.3, 0.4) is 0 Å². The molecule has 0 aliphatic heterocycles. The molecule has 0 saturated heterocycles. The number of carbonyl (C=O) groups excluding carboxylic acids is 1. The van der Waals surface area contributed by atoms with Crippen LogP contribution in [0, 0.1) is 5.82 Å². The van der Waals surface area contributed by atoms with Crippen LogP contribution in [0.5, 0.6) is 5.75 Å². The number of rotatable bonds is 6. The first-order valence-electron chi connectivity index (χ1n) is 7.39. The molecule has 0 spiro atoms. The second-order valence-corrected chi connectivity index (χ2v) is 6.14. The summed E-state index contributed by atoms with van der Waals surface area (Å²) in [6, 6.07) is 3.82. The van der Waals surface area contributed by atoms with Gasteiger partial charge >= 0.3 is 6.09 Å². The average Bonchev–Trinajstić information content (AvgIpc) is 2.40. The van der Waals surface area contributed by atoms with Gasteiger partial charge in [-0.15, -0.1) is 0 Å². The number of phenols is 1. The first kappa shape index (κ1) is 18.2. The molecule has 0 saturated carbocycles. The standard InChI is InChI=1S/C16H25FN2O3/c1-5-13(10-19-15(21)22-16(2,3)4)18-9-11-8-12(17)6-7-14(11)20/h6-8,13,18,20H,5,9-10H2,1-4H3,(H,19,21). The van der Waals surface area contributed by atoms with Gasteiger partial charge in [-0.2, -0.15) is 0 Å². The Kier molecular flexibility index (Phi) is 6.61. The maximum atomic E-state index is 13.2. The van der Waals surface area contributed by atoms with Crippen molar-refractivity contribution >= 4 is 6.09 Å². The second-order valence-electron chi connectivity index (χ2n) is 6.14. The zero-order chi connectivity index (χ0) is 16.8. The minimum atomic E-state index is -0.535. The van der Waals surface area contributed by atoms with Crippen LogP contribution in [0.25, 0.3) is 0 Å². The third-order valence-corrected chi connectivity index (χ3v) is 3.01. The molecule has 1 aromatic rings. The summed E-state index contributed by atoms with van der Waals surface area (Å²) >= 11 is 0. The number of hydrogen-bond acceptors (Lipinski definition) is 4. The highest BCUT2D eigenvalue weighted by Gasteiger charge is 2.17. The summed E-state index contributed by atoms with van der Waals surface area (Å²) in [6.45, 7) is 8.08. The summed E-state index contributed by atoms with van der Waals surface area (Å²) in [7, 11) is 0. The summed E-state index contributed by atoms with van der Waals surface area (Å²) in [5.41, 5.74) is -0.0530. The van der Waals surface area contributed by atoms with Gasteiger partial charge in [-0.25, -0.2) is 9.18 Å². The van der Waals surface area contributed by atoms with Gasteiger partial charge in [-0.1, -0.05) is 6.92 Å². The van der Waals surface area contributed by atoms with Crippen LogP contribution in [-0.2, 0) is 11.3 Å². The third kappa shape index (κ3) is 6.76. The van der Waals surface area contributed by atoms with Crippen molar-refractivity contribution in [1.82, 2.24) is 10.6 Å². The molecule has 0 fully saturated rings. The molecule has 0 bridgehead atoms. The van der Waals surface area contributed by atoms with E-state index < -0.39 is 17.5 Å². The maximum Gasteiger partial charge on any atom is 0.407 e. The van der Waals surface area contributed by atoms with Crippen molar-refractivity contribution in [3.63, 3.8) is 0 Å². The van der Waals surface area contributed by atoms with Crippen molar-refractivity contribution in [1.29, 1.82) is 0 Å². The lowest BCUT2D eigenvalue weighted by atomic mass is 10.1. The Morgan fingerprint density at radius 2 is 2.09 bits per heavy atom. The first-order valence-corrected chi connectivity index (χ1v) is 7.39. The van der Waals surface area contributed by atoms with Crippen LogP contribution >= 0.6 is 0 Å². The summed E-state index contributed by atoms with van der Waals surface area (Å²) in [6.07, 6.45) is 0.299. The maximum absolute atomic E-state index is 13.2. The SMILES string of the molecule is CCC(CNC(=O)OC(C)(C)C)NCc1cc(F)ccc1O. The monoisotopic (exact) mass is 312 g/mol. The van der Waals surface area contributed by atoms with E-state index in [4.69, 9.17) is 4.74 Å². The van der Waals surface area contributed by atoms with E-state index in [1.807, 2.05) is 6.92 Å². The van der Waals surface area contributed by atoms with Crippen molar-refractivity contribution in [3.05, 3.63) is 29.6 Å². The van der Waals surface area contributed by atoms with Gasteiger partial charge in [0.05, 0.1) is 0 Å². The van der Waals surface area contributed by atoms with E-state index in [0.29, 0.717) is 18.7 Å². The fourth-order valence-corrected chi connectivity index (χ4v) is 1.83. The van der Waals surface area contributed by atoms with Crippen LogP contribution in [-0.4, -0.2) is 29.4 Å². The quantitative estimate of drug-likeness (QED) is 0.755. The minimum Gasteiger partial charge on any atom is -0.508 e. The number of phenolic OH excluding ortho intramolecular Hbond substituents is 1. The Morgan fingerprint density at radius 1 is 1.41 bits per heavy atom. The van der Waals surface area contributed by atoms with Crippen LogP contribution in [0.15, 0.2) is 18.2 Å². The van der Waals surface area contributed by atoms with E-state index in [-0.39, 0.29) is 11.8 Å². The van der Waals surface area contributed by atoms with Gasteiger partial charge in [0, 0.05) is 24.7 Å². The first-order chi connectivity index (χ1) is 10.2. The molecule has 124 valence electrons. The highest BCUT2D eigenvalue weighted by Crippen LogP contribution is 2.17. The van der Waals surface area contributed by atoms with Crippen LogP contribution in [0.4, 0.5) is 9.18 Å². The zero-order valence-corrected chi connectivity index (χ0v) is 13.6. The molecule has 6 heteroatoms. The molecule has 1 amide bonds. The van der Waals surface area contributed by atoms with Gasteiger partial charge in [0.2, 0.25) is 0 Å². The lowest BCUT2D eigenvalue weighted by Crippen LogP contribution is -2.42. The van der Waals surface area contributed by atoms with Crippen LogP contribution in [0.2, 0.25) is 0 Å². The Hall–Kier alpha value is -1.82. The summed E-state index contributed by atoms with van der Waals surface area (Å²) in [5, 5.41) is 15.5. The molecule has 1 aromatic carbocycles. The van der Waals surface area contributed by atoms with Crippen molar-refractivity contribution in [3.8, 4) is 5.75 Å². The fraction of sp³-hybridized carbons (Fsp3) is 0.562. The molecule has 0 radical (unpaired) electrons. The van der Waals surface area contributed by atoms with Crippen molar-refractivity contribution < 1.29 is 19.0 Å². The molecule has 5 nitrogen and oxygen atoms in total. The molecule has 0 aliphatic rings. The highest BCUT2D eigenvalue weighted by atomic mass is 19.1. The molecule has 1 unspecified atom stereocenters.